The molecule has 2 N–H and O–H groups in total. The standard InChI is InChI=1S/C14H18N2O2/c1-17-13-7-6-10(12(16)9-15)8-14(13)18-11-4-2-3-5-11/h6-8,11-12H,2-5,16H2,1H3. The maximum absolute atomic E-state index is 8.84. The fourth-order valence-electron chi connectivity index (χ4n) is 2.24. The van der Waals surface area contributed by atoms with Crippen LogP contribution in [-0.2, 0) is 0 Å². The summed E-state index contributed by atoms with van der Waals surface area (Å²) in [5, 5.41) is 8.84. The van der Waals surface area contributed by atoms with Gasteiger partial charge in [0.15, 0.2) is 11.5 Å². The van der Waals surface area contributed by atoms with Crippen molar-refractivity contribution >= 4 is 0 Å². The van der Waals surface area contributed by atoms with Crippen molar-refractivity contribution in [2.45, 2.75) is 37.8 Å². The molecular formula is C14H18N2O2. The van der Waals surface area contributed by atoms with Gasteiger partial charge in [-0.2, -0.15) is 5.26 Å². The summed E-state index contributed by atoms with van der Waals surface area (Å²) in [6.07, 6.45) is 4.84. The Labute approximate surface area is 107 Å². The molecule has 1 fully saturated rings. The van der Waals surface area contributed by atoms with Crippen molar-refractivity contribution in [3.63, 3.8) is 0 Å². The molecule has 1 unspecified atom stereocenters. The van der Waals surface area contributed by atoms with E-state index in [0.717, 1.165) is 18.4 Å². The maximum Gasteiger partial charge on any atom is 0.161 e. The Kier molecular flexibility index (Phi) is 4.06. The van der Waals surface area contributed by atoms with Crippen LogP contribution in [0.5, 0.6) is 11.5 Å². The number of benzene rings is 1. The number of hydrogen-bond donors (Lipinski definition) is 1. The average molecular weight is 246 g/mol. The van der Waals surface area contributed by atoms with Crippen LogP contribution in [0.15, 0.2) is 18.2 Å². The number of nitriles is 1. The molecule has 1 aliphatic rings. The minimum absolute atomic E-state index is 0.257. The second-order valence-corrected chi connectivity index (χ2v) is 4.54. The molecule has 0 spiro atoms. The van der Waals surface area contributed by atoms with Crippen molar-refractivity contribution in [2.75, 3.05) is 7.11 Å². The van der Waals surface area contributed by atoms with Gasteiger partial charge in [0.2, 0.25) is 0 Å². The van der Waals surface area contributed by atoms with Gasteiger partial charge < -0.3 is 15.2 Å². The van der Waals surface area contributed by atoms with Crippen molar-refractivity contribution in [3.8, 4) is 17.6 Å². The molecule has 18 heavy (non-hydrogen) atoms. The van der Waals surface area contributed by atoms with Gasteiger partial charge in [-0.05, 0) is 43.4 Å². The molecule has 1 aliphatic carbocycles. The summed E-state index contributed by atoms with van der Waals surface area (Å²) in [4.78, 5) is 0. The minimum Gasteiger partial charge on any atom is -0.493 e. The van der Waals surface area contributed by atoms with Gasteiger partial charge in [-0.3, -0.25) is 0 Å². The highest BCUT2D eigenvalue weighted by Gasteiger charge is 2.19. The van der Waals surface area contributed by atoms with Gasteiger partial charge >= 0.3 is 0 Å². The summed E-state index contributed by atoms with van der Waals surface area (Å²) in [6.45, 7) is 0. The smallest absolute Gasteiger partial charge is 0.161 e. The van der Waals surface area contributed by atoms with Gasteiger partial charge in [0.1, 0.15) is 6.04 Å². The molecule has 4 nitrogen and oxygen atoms in total. The van der Waals surface area contributed by atoms with Gasteiger partial charge in [-0.15, -0.1) is 0 Å². The lowest BCUT2D eigenvalue weighted by Crippen LogP contribution is -2.13. The number of rotatable bonds is 4. The lowest BCUT2D eigenvalue weighted by molar-refractivity contribution is 0.200. The van der Waals surface area contributed by atoms with Crippen LogP contribution in [-0.4, -0.2) is 13.2 Å². The Bertz CT molecular complexity index is 448. The predicted molar refractivity (Wildman–Crippen MR) is 68.4 cm³/mol. The number of hydrogen-bond acceptors (Lipinski definition) is 4. The molecule has 0 bridgehead atoms. The first-order valence-corrected chi connectivity index (χ1v) is 6.24. The van der Waals surface area contributed by atoms with E-state index >= 15 is 0 Å². The first-order chi connectivity index (χ1) is 8.74. The molecule has 1 saturated carbocycles. The molecular weight excluding hydrogens is 228 g/mol. The molecule has 1 aromatic rings. The number of ether oxygens (including phenoxy) is 2. The van der Waals surface area contributed by atoms with Gasteiger partial charge in [0, 0.05) is 0 Å². The molecule has 1 aromatic carbocycles. The van der Waals surface area contributed by atoms with Crippen LogP contribution in [0.1, 0.15) is 37.3 Å². The summed E-state index contributed by atoms with van der Waals surface area (Å²) in [6, 6.07) is 6.81. The minimum atomic E-state index is -0.623. The average Bonchev–Trinajstić information content (AvgIpc) is 2.90. The largest absolute Gasteiger partial charge is 0.493 e. The quantitative estimate of drug-likeness (QED) is 0.886. The Morgan fingerprint density at radius 3 is 2.67 bits per heavy atom. The summed E-state index contributed by atoms with van der Waals surface area (Å²) in [5.41, 5.74) is 6.46. The zero-order valence-electron chi connectivity index (χ0n) is 10.6. The van der Waals surface area contributed by atoms with Crippen LogP contribution in [0.3, 0.4) is 0 Å². The molecule has 0 amide bonds. The Balaban J connectivity index is 2.21. The van der Waals surface area contributed by atoms with Crippen LogP contribution in [0.25, 0.3) is 0 Å². The van der Waals surface area contributed by atoms with Crippen LogP contribution < -0.4 is 15.2 Å². The molecule has 0 aromatic heterocycles. The topological polar surface area (TPSA) is 68.3 Å². The number of nitrogens with two attached hydrogens (primary N) is 1. The highest BCUT2D eigenvalue weighted by atomic mass is 16.5. The fourth-order valence-corrected chi connectivity index (χ4v) is 2.24. The second-order valence-electron chi connectivity index (χ2n) is 4.54. The van der Waals surface area contributed by atoms with Crippen molar-refractivity contribution in [2.24, 2.45) is 5.73 Å². The van der Waals surface area contributed by atoms with E-state index in [1.165, 1.54) is 12.8 Å². The molecule has 2 rings (SSSR count). The third-order valence-corrected chi connectivity index (χ3v) is 3.28. The Morgan fingerprint density at radius 2 is 2.06 bits per heavy atom. The number of nitrogens with zero attached hydrogens (tertiary/aromatic N) is 1. The van der Waals surface area contributed by atoms with Crippen LogP contribution >= 0.6 is 0 Å². The van der Waals surface area contributed by atoms with E-state index in [9.17, 15) is 0 Å². The zero-order valence-corrected chi connectivity index (χ0v) is 10.6. The molecule has 0 radical (unpaired) electrons. The van der Waals surface area contributed by atoms with E-state index in [2.05, 4.69) is 0 Å². The van der Waals surface area contributed by atoms with E-state index in [-0.39, 0.29) is 6.10 Å². The molecule has 1 atom stereocenters. The van der Waals surface area contributed by atoms with E-state index in [1.807, 2.05) is 12.1 Å². The third kappa shape index (κ3) is 2.74. The van der Waals surface area contributed by atoms with E-state index in [1.54, 1.807) is 19.2 Å². The second kappa shape index (κ2) is 5.74. The van der Waals surface area contributed by atoms with Crippen LogP contribution in [0.2, 0.25) is 0 Å². The number of methoxy groups -OCH3 is 1. The summed E-state index contributed by atoms with van der Waals surface area (Å²) < 4.78 is 11.2. The maximum atomic E-state index is 8.84. The Hall–Kier alpha value is -1.73. The molecule has 0 saturated heterocycles. The van der Waals surface area contributed by atoms with Crippen LogP contribution in [0, 0.1) is 11.3 Å². The lowest BCUT2D eigenvalue weighted by atomic mass is 10.1. The SMILES string of the molecule is COc1ccc(C(N)C#N)cc1OC1CCCC1. The van der Waals surface area contributed by atoms with Crippen molar-refractivity contribution < 1.29 is 9.47 Å². The van der Waals surface area contributed by atoms with Crippen molar-refractivity contribution in [1.29, 1.82) is 5.26 Å². The van der Waals surface area contributed by atoms with E-state index < -0.39 is 6.04 Å². The van der Waals surface area contributed by atoms with E-state index in [0.29, 0.717) is 11.5 Å². The summed E-state index contributed by atoms with van der Waals surface area (Å²) in [7, 11) is 1.61. The Morgan fingerprint density at radius 1 is 1.33 bits per heavy atom. The van der Waals surface area contributed by atoms with Crippen molar-refractivity contribution in [3.05, 3.63) is 23.8 Å². The first kappa shape index (κ1) is 12.7. The first-order valence-electron chi connectivity index (χ1n) is 6.24. The normalized spacial score (nSPS) is 17.2. The molecule has 4 heteroatoms. The molecule has 96 valence electrons. The highest BCUT2D eigenvalue weighted by Crippen LogP contribution is 2.33. The van der Waals surface area contributed by atoms with E-state index in [4.69, 9.17) is 20.5 Å². The van der Waals surface area contributed by atoms with Gasteiger partial charge in [-0.25, -0.2) is 0 Å². The summed E-state index contributed by atoms with van der Waals surface area (Å²) in [5.74, 6) is 1.38. The highest BCUT2D eigenvalue weighted by molar-refractivity contribution is 5.44. The molecule has 0 heterocycles. The monoisotopic (exact) mass is 246 g/mol. The third-order valence-electron chi connectivity index (χ3n) is 3.28. The predicted octanol–water partition coefficient (Wildman–Crippen LogP) is 2.54. The lowest BCUT2D eigenvalue weighted by Gasteiger charge is -2.17. The van der Waals surface area contributed by atoms with Gasteiger partial charge in [0.25, 0.3) is 0 Å². The van der Waals surface area contributed by atoms with Crippen molar-refractivity contribution in [1.82, 2.24) is 0 Å². The van der Waals surface area contributed by atoms with Gasteiger partial charge in [-0.1, -0.05) is 6.07 Å². The zero-order chi connectivity index (χ0) is 13.0. The molecule has 0 aliphatic heterocycles. The van der Waals surface area contributed by atoms with Crippen LogP contribution in [0.4, 0.5) is 0 Å². The fraction of sp³-hybridized carbons (Fsp3) is 0.500. The summed E-state index contributed by atoms with van der Waals surface area (Å²) >= 11 is 0. The van der Waals surface area contributed by atoms with Gasteiger partial charge in [0.05, 0.1) is 19.3 Å².